The SMILES string of the molecule is O=C(/C=C/c1cccs1)NCCc1csc2nc(-c3cccs3)nn12. The van der Waals surface area contributed by atoms with Gasteiger partial charge < -0.3 is 5.32 Å². The lowest BCUT2D eigenvalue weighted by Crippen LogP contribution is -2.23. The molecule has 0 aromatic carbocycles. The molecular weight excluding hydrogens is 372 g/mol. The number of carbonyl (C=O) groups excluding carboxylic acids is 1. The van der Waals surface area contributed by atoms with Crippen LogP contribution in [0.25, 0.3) is 21.7 Å². The lowest BCUT2D eigenvalue weighted by atomic mass is 10.3. The lowest BCUT2D eigenvalue weighted by molar-refractivity contribution is -0.116. The van der Waals surface area contributed by atoms with Crippen molar-refractivity contribution in [3.8, 4) is 10.7 Å². The van der Waals surface area contributed by atoms with E-state index in [2.05, 4.69) is 15.4 Å². The van der Waals surface area contributed by atoms with Crippen LogP contribution in [0.5, 0.6) is 0 Å². The molecule has 0 atom stereocenters. The molecule has 4 heterocycles. The van der Waals surface area contributed by atoms with Crippen molar-refractivity contribution in [1.82, 2.24) is 19.9 Å². The molecule has 0 radical (unpaired) electrons. The molecule has 126 valence electrons. The van der Waals surface area contributed by atoms with Crippen molar-refractivity contribution in [2.45, 2.75) is 6.42 Å². The van der Waals surface area contributed by atoms with Gasteiger partial charge in [0.15, 0.2) is 5.82 Å². The van der Waals surface area contributed by atoms with E-state index in [4.69, 9.17) is 0 Å². The van der Waals surface area contributed by atoms with E-state index in [1.807, 2.05) is 51.0 Å². The average Bonchev–Trinajstić information content (AvgIpc) is 3.37. The van der Waals surface area contributed by atoms with Gasteiger partial charge in [-0.15, -0.1) is 39.1 Å². The van der Waals surface area contributed by atoms with Gasteiger partial charge in [0.05, 0.1) is 10.6 Å². The fourth-order valence-corrected chi connectivity index (χ4v) is 4.45. The van der Waals surface area contributed by atoms with Gasteiger partial charge in [0, 0.05) is 29.3 Å². The molecule has 8 heteroatoms. The topological polar surface area (TPSA) is 59.3 Å². The van der Waals surface area contributed by atoms with Gasteiger partial charge in [0.2, 0.25) is 10.9 Å². The van der Waals surface area contributed by atoms with Crippen LogP contribution in [0.2, 0.25) is 0 Å². The third kappa shape index (κ3) is 3.71. The summed E-state index contributed by atoms with van der Waals surface area (Å²) in [5, 5.41) is 13.5. The van der Waals surface area contributed by atoms with E-state index in [-0.39, 0.29) is 5.91 Å². The molecule has 4 rings (SSSR count). The molecule has 0 aliphatic carbocycles. The zero-order valence-corrected chi connectivity index (χ0v) is 15.5. The Bertz CT molecular complexity index is 996. The van der Waals surface area contributed by atoms with Gasteiger partial charge in [-0.2, -0.15) is 4.98 Å². The fraction of sp³-hybridized carbons (Fsp3) is 0.118. The van der Waals surface area contributed by atoms with Gasteiger partial charge in [-0.1, -0.05) is 12.1 Å². The summed E-state index contributed by atoms with van der Waals surface area (Å²) in [4.78, 5) is 19.4. The Morgan fingerprint density at radius 2 is 2.08 bits per heavy atom. The summed E-state index contributed by atoms with van der Waals surface area (Å²) < 4.78 is 1.87. The summed E-state index contributed by atoms with van der Waals surface area (Å²) in [5.41, 5.74) is 1.05. The first-order valence-corrected chi connectivity index (χ1v) is 10.3. The molecule has 0 bridgehead atoms. The molecular formula is C17H14N4OS3. The lowest BCUT2D eigenvalue weighted by Gasteiger charge is -2.01. The minimum absolute atomic E-state index is 0.0854. The molecule has 0 aliphatic rings. The Morgan fingerprint density at radius 3 is 2.88 bits per heavy atom. The highest BCUT2D eigenvalue weighted by molar-refractivity contribution is 7.15. The predicted octanol–water partition coefficient (Wildman–Crippen LogP) is 3.95. The minimum atomic E-state index is -0.0854. The first-order chi connectivity index (χ1) is 12.3. The maximum absolute atomic E-state index is 11.9. The standard InChI is InChI=1S/C17H14N4OS3/c22-15(6-5-13-3-1-9-23-13)18-8-7-12-11-25-17-19-16(20-21(12)17)14-4-2-10-24-14/h1-6,9-11H,7-8H2,(H,18,22)/b6-5+. The quantitative estimate of drug-likeness (QED) is 0.511. The van der Waals surface area contributed by atoms with Crippen LogP contribution in [-0.2, 0) is 11.2 Å². The van der Waals surface area contributed by atoms with Gasteiger partial charge in [-0.05, 0) is 29.0 Å². The Kier molecular flexibility index (Phi) is 4.73. The molecule has 0 unspecified atom stereocenters. The van der Waals surface area contributed by atoms with Crippen LogP contribution < -0.4 is 5.32 Å². The highest BCUT2D eigenvalue weighted by Gasteiger charge is 2.12. The van der Waals surface area contributed by atoms with E-state index >= 15 is 0 Å². The number of carbonyl (C=O) groups is 1. The summed E-state index contributed by atoms with van der Waals surface area (Å²) >= 11 is 4.80. The molecule has 0 fully saturated rings. The third-order valence-corrected chi connectivity index (χ3v) is 6.08. The third-order valence-electron chi connectivity index (χ3n) is 3.51. The summed E-state index contributed by atoms with van der Waals surface area (Å²) in [6.07, 6.45) is 4.11. The van der Waals surface area contributed by atoms with Crippen LogP contribution in [0.3, 0.4) is 0 Å². The van der Waals surface area contributed by atoms with Crippen molar-refractivity contribution in [1.29, 1.82) is 0 Å². The zero-order valence-electron chi connectivity index (χ0n) is 13.1. The van der Waals surface area contributed by atoms with Crippen LogP contribution >= 0.6 is 34.0 Å². The van der Waals surface area contributed by atoms with Gasteiger partial charge in [0.25, 0.3) is 0 Å². The van der Waals surface area contributed by atoms with E-state index in [0.717, 1.165) is 26.2 Å². The van der Waals surface area contributed by atoms with Gasteiger partial charge in [-0.25, -0.2) is 4.52 Å². The molecule has 0 saturated carbocycles. The highest BCUT2D eigenvalue weighted by Crippen LogP contribution is 2.24. The second-order valence-corrected chi connectivity index (χ2v) is 7.99. The second-order valence-electron chi connectivity index (χ2n) is 5.22. The van der Waals surface area contributed by atoms with Crippen LogP contribution in [0.1, 0.15) is 10.6 Å². The number of aromatic nitrogens is 3. The fourth-order valence-electron chi connectivity index (χ4n) is 2.32. The van der Waals surface area contributed by atoms with Crippen molar-refractivity contribution in [2.24, 2.45) is 0 Å². The molecule has 0 saturated heterocycles. The molecule has 4 aromatic heterocycles. The number of rotatable bonds is 6. The Hall–Kier alpha value is -2.29. The maximum Gasteiger partial charge on any atom is 0.244 e. The number of nitrogens with zero attached hydrogens (tertiary/aromatic N) is 3. The smallest absolute Gasteiger partial charge is 0.244 e. The van der Waals surface area contributed by atoms with Crippen molar-refractivity contribution in [2.75, 3.05) is 6.54 Å². The molecule has 0 aliphatic heterocycles. The predicted molar refractivity (Wildman–Crippen MR) is 104 cm³/mol. The molecule has 0 spiro atoms. The molecule has 5 nitrogen and oxygen atoms in total. The summed E-state index contributed by atoms with van der Waals surface area (Å²) in [6, 6.07) is 7.96. The minimum Gasteiger partial charge on any atom is -0.352 e. The number of amides is 1. The highest BCUT2D eigenvalue weighted by atomic mass is 32.1. The van der Waals surface area contributed by atoms with Crippen molar-refractivity contribution in [3.05, 3.63) is 57.1 Å². The first-order valence-electron chi connectivity index (χ1n) is 7.66. The van der Waals surface area contributed by atoms with Gasteiger partial charge in [0.1, 0.15) is 0 Å². The van der Waals surface area contributed by atoms with Gasteiger partial charge in [-0.3, -0.25) is 4.79 Å². The van der Waals surface area contributed by atoms with Crippen molar-refractivity contribution >= 4 is 51.0 Å². The number of thiophene rings is 2. The van der Waals surface area contributed by atoms with Crippen LogP contribution in [-0.4, -0.2) is 27.0 Å². The van der Waals surface area contributed by atoms with E-state index in [1.54, 1.807) is 40.1 Å². The monoisotopic (exact) mass is 386 g/mol. The molecule has 1 amide bonds. The number of fused-ring (bicyclic) bond motifs is 1. The van der Waals surface area contributed by atoms with Crippen molar-refractivity contribution in [3.63, 3.8) is 0 Å². The number of nitrogens with one attached hydrogen (secondary N) is 1. The largest absolute Gasteiger partial charge is 0.352 e. The average molecular weight is 387 g/mol. The van der Waals surface area contributed by atoms with Crippen LogP contribution in [0, 0.1) is 0 Å². The summed E-state index contributed by atoms with van der Waals surface area (Å²) in [7, 11) is 0. The molecule has 4 aromatic rings. The number of thiazole rings is 1. The van der Waals surface area contributed by atoms with Crippen LogP contribution in [0.15, 0.2) is 46.5 Å². The Balaban J connectivity index is 1.37. The Morgan fingerprint density at radius 1 is 1.20 bits per heavy atom. The summed E-state index contributed by atoms with van der Waals surface area (Å²) in [6.45, 7) is 0.563. The first kappa shape index (κ1) is 16.2. The van der Waals surface area contributed by atoms with E-state index < -0.39 is 0 Å². The molecule has 1 N–H and O–H groups in total. The maximum atomic E-state index is 11.9. The van der Waals surface area contributed by atoms with Crippen LogP contribution in [0.4, 0.5) is 0 Å². The molecule has 25 heavy (non-hydrogen) atoms. The second kappa shape index (κ2) is 7.30. The van der Waals surface area contributed by atoms with E-state index in [1.165, 1.54) is 0 Å². The number of hydrogen-bond donors (Lipinski definition) is 1. The zero-order chi connectivity index (χ0) is 17.1. The van der Waals surface area contributed by atoms with Crippen molar-refractivity contribution < 1.29 is 4.79 Å². The van der Waals surface area contributed by atoms with E-state index in [9.17, 15) is 4.79 Å². The number of hydrogen-bond acceptors (Lipinski definition) is 6. The normalized spacial score (nSPS) is 11.5. The van der Waals surface area contributed by atoms with Gasteiger partial charge >= 0.3 is 0 Å². The Labute approximate surface area is 156 Å². The summed E-state index contributed by atoms with van der Waals surface area (Å²) in [5.74, 6) is 0.670. The van der Waals surface area contributed by atoms with E-state index in [0.29, 0.717) is 13.0 Å².